The van der Waals surface area contributed by atoms with E-state index in [1.54, 1.807) is 28.3 Å². The maximum atomic E-state index is 12.4. The summed E-state index contributed by atoms with van der Waals surface area (Å²) in [5, 5.41) is 7.18. The average Bonchev–Trinajstić information content (AvgIpc) is 3.33. The molecule has 3 rings (SSSR count). The number of hydrogen-bond donors (Lipinski definition) is 2. The van der Waals surface area contributed by atoms with E-state index in [-0.39, 0.29) is 18.0 Å². The molecule has 134 valence electrons. The van der Waals surface area contributed by atoms with E-state index in [0.717, 1.165) is 13.0 Å². The van der Waals surface area contributed by atoms with Gasteiger partial charge in [-0.1, -0.05) is 0 Å². The zero-order valence-electron chi connectivity index (χ0n) is 14.4. The normalized spacial score (nSPS) is 15.9. The summed E-state index contributed by atoms with van der Waals surface area (Å²) in [7, 11) is 0. The molecule has 1 aliphatic rings. The number of rotatable bonds is 5. The molecule has 2 aromatic heterocycles. The van der Waals surface area contributed by atoms with E-state index in [9.17, 15) is 9.59 Å². The zero-order valence-corrected chi connectivity index (χ0v) is 14.4. The van der Waals surface area contributed by atoms with Crippen molar-refractivity contribution in [3.05, 3.63) is 42.5 Å². The van der Waals surface area contributed by atoms with Crippen LogP contribution >= 0.6 is 0 Å². The van der Waals surface area contributed by atoms with Crippen LogP contribution in [0.4, 0.5) is 4.79 Å². The molecule has 0 spiro atoms. The number of amides is 3. The topological polar surface area (TPSA) is 86.3 Å². The molecule has 3 amide bonds. The number of urea groups is 1. The molecule has 8 nitrogen and oxygen atoms in total. The van der Waals surface area contributed by atoms with E-state index in [2.05, 4.69) is 15.4 Å². The number of nitrogens with zero attached hydrogens (tertiary/aromatic N) is 4. The smallest absolute Gasteiger partial charge is 0.317 e. The predicted molar refractivity (Wildman–Crippen MR) is 93.1 cm³/mol. The molecule has 1 saturated heterocycles. The van der Waals surface area contributed by atoms with E-state index >= 15 is 0 Å². The van der Waals surface area contributed by atoms with Gasteiger partial charge in [0.15, 0.2) is 0 Å². The number of hydrogen-bond acceptors (Lipinski definition) is 3. The largest absolute Gasteiger partial charge is 0.357 e. The third-order valence-corrected chi connectivity index (χ3v) is 4.40. The van der Waals surface area contributed by atoms with E-state index < -0.39 is 0 Å². The van der Waals surface area contributed by atoms with Crippen molar-refractivity contribution >= 4 is 11.9 Å². The molecule has 0 radical (unpaired) electrons. The highest BCUT2D eigenvalue weighted by atomic mass is 16.2. The van der Waals surface area contributed by atoms with Gasteiger partial charge in [-0.2, -0.15) is 5.10 Å². The number of H-pyrrole nitrogens is 1. The van der Waals surface area contributed by atoms with Gasteiger partial charge in [-0.15, -0.1) is 0 Å². The molecular weight excluding hydrogens is 320 g/mol. The first-order valence-corrected chi connectivity index (χ1v) is 8.59. The number of aromatic amines is 1. The van der Waals surface area contributed by atoms with E-state index in [0.29, 0.717) is 31.9 Å². The summed E-state index contributed by atoms with van der Waals surface area (Å²) < 4.78 is 1.85. The lowest BCUT2D eigenvalue weighted by Gasteiger charge is -2.35. The molecule has 0 aliphatic carbocycles. The number of aryl methyl sites for hydroxylation is 1. The Labute approximate surface area is 146 Å². The average molecular weight is 344 g/mol. The molecule has 3 heterocycles. The first kappa shape index (κ1) is 17.1. The monoisotopic (exact) mass is 344 g/mol. The lowest BCUT2D eigenvalue weighted by Crippen LogP contribution is -2.54. The standard InChI is InChI=1S/C17H24N6O2/c1-14(5-9-23-8-3-7-19-23)20-17(25)22-12-10-21(11-13-22)16(24)15-4-2-6-18-15/h2-4,6-8,14,18H,5,9-13H2,1H3,(H,20,25)/t14-/m1/s1. The molecule has 8 heteroatoms. The second kappa shape index (κ2) is 7.87. The third-order valence-electron chi connectivity index (χ3n) is 4.40. The lowest BCUT2D eigenvalue weighted by atomic mass is 10.2. The van der Waals surface area contributed by atoms with Gasteiger partial charge >= 0.3 is 6.03 Å². The minimum Gasteiger partial charge on any atom is -0.357 e. The molecule has 1 fully saturated rings. The number of piperazine rings is 1. The highest BCUT2D eigenvalue weighted by Gasteiger charge is 2.25. The van der Waals surface area contributed by atoms with Crippen molar-refractivity contribution in [1.82, 2.24) is 29.9 Å². The van der Waals surface area contributed by atoms with Crippen LogP contribution in [0.15, 0.2) is 36.8 Å². The van der Waals surface area contributed by atoms with E-state index in [1.807, 2.05) is 29.9 Å². The van der Waals surface area contributed by atoms with Gasteiger partial charge in [0.1, 0.15) is 5.69 Å². The minimum absolute atomic E-state index is 0.0161. The Kier molecular flexibility index (Phi) is 5.37. The highest BCUT2D eigenvalue weighted by Crippen LogP contribution is 2.08. The fraction of sp³-hybridized carbons (Fsp3) is 0.471. The molecule has 0 unspecified atom stereocenters. The lowest BCUT2D eigenvalue weighted by molar-refractivity contribution is 0.0658. The molecule has 25 heavy (non-hydrogen) atoms. The number of carbonyl (C=O) groups excluding carboxylic acids is 2. The van der Waals surface area contributed by atoms with Crippen molar-refractivity contribution in [3.8, 4) is 0 Å². The summed E-state index contributed by atoms with van der Waals surface area (Å²) in [6, 6.07) is 5.46. The van der Waals surface area contributed by atoms with Gasteiger partial charge in [0.25, 0.3) is 5.91 Å². The van der Waals surface area contributed by atoms with Gasteiger partial charge in [0, 0.05) is 57.4 Å². The van der Waals surface area contributed by atoms with E-state index in [1.165, 1.54) is 0 Å². The fourth-order valence-electron chi connectivity index (χ4n) is 2.88. The van der Waals surface area contributed by atoms with Crippen LogP contribution in [-0.4, -0.2) is 68.7 Å². The Bertz CT molecular complexity index is 674. The maximum Gasteiger partial charge on any atom is 0.317 e. The number of carbonyl (C=O) groups is 2. The summed E-state index contributed by atoms with van der Waals surface area (Å²) in [6.07, 6.45) is 6.21. The summed E-state index contributed by atoms with van der Waals surface area (Å²) in [6.45, 7) is 4.95. The Morgan fingerprint density at radius 3 is 2.64 bits per heavy atom. The quantitative estimate of drug-likeness (QED) is 0.853. The molecule has 2 aromatic rings. The number of aromatic nitrogens is 3. The summed E-state index contributed by atoms with van der Waals surface area (Å²) >= 11 is 0. The van der Waals surface area contributed by atoms with Gasteiger partial charge in [-0.3, -0.25) is 9.48 Å². The first-order chi connectivity index (χ1) is 12.1. The Balaban J connectivity index is 1.41. The van der Waals surface area contributed by atoms with Crippen LogP contribution in [0.25, 0.3) is 0 Å². The van der Waals surface area contributed by atoms with Crippen LogP contribution < -0.4 is 5.32 Å². The molecule has 0 saturated carbocycles. The minimum atomic E-state index is -0.0695. The SMILES string of the molecule is C[C@H](CCn1cccn1)NC(=O)N1CCN(C(=O)c2ccc[nH]2)CC1. The molecular formula is C17H24N6O2. The van der Waals surface area contributed by atoms with Crippen molar-refractivity contribution in [3.63, 3.8) is 0 Å². The van der Waals surface area contributed by atoms with Gasteiger partial charge in [-0.25, -0.2) is 4.79 Å². The second-order valence-electron chi connectivity index (χ2n) is 6.27. The van der Waals surface area contributed by atoms with Crippen LogP contribution in [0.2, 0.25) is 0 Å². The van der Waals surface area contributed by atoms with Crippen LogP contribution in [0.3, 0.4) is 0 Å². The van der Waals surface area contributed by atoms with Crippen molar-refractivity contribution in [2.45, 2.75) is 25.9 Å². The van der Waals surface area contributed by atoms with Gasteiger partial charge in [-0.05, 0) is 31.5 Å². The van der Waals surface area contributed by atoms with Crippen LogP contribution in [0.1, 0.15) is 23.8 Å². The molecule has 0 bridgehead atoms. The predicted octanol–water partition coefficient (Wildman–Crippen LogP) is 1.16. The number of nitrogens with one attached hydrogen (secondary N) is 2. The van der Waals surface area contributed by atoms with Crippen LogP contribution in [0, 0.1) is 0 Å². The summed E-state index contributed by atoms with van der Waals surface area (Å²) in [5.74, 6) is -0.0161. The molecule has 2 N–H and O–H groups in total. The third kappa shape index (κ3) is 4.40. The van der Waals surface area contributed by atoms with Crippen LogP contribution in [-0.2, 0) is 6.54 Å². The van der Waals surface area contributed by atoms with Crippen molar-refractivity contribution < 1.29 is 9.59 Å². The van der Waals surface area contributed by atoms with Crippen molar-refractivity contribution in [1.29, 1.82) is 0 Å². The fourth-order valence-corrected chi connectivity index (χ4v) is 2.88. The van der Waals surface area contributed by atoms with E-state index in [4.69, 9.17) is 0 Å². The van der Waals surface area contributed by atoms with Gasteiger partial charge < -0.3 is 20.1 Å². The summed E-state index contributed by atoms with van der Waals surface area (Å²) in [5.41, 5.74) is 0.588. The molecule has 1 atom stereocenters. The summed E-state index contributed by atoms with van der Waals surface area (Å²) in [4.78, 5) is 31.1. The van der Waals surface area contributed by atoms with Gasteiger partial charge in [0.2, 0.25) is 0 Å². The van der Waals surface area contributed by atoms with Gasteiger partial charge in [0.05, 0.1) is 0 Å². The molecule has 0 aromatic carbocycles. The maximum absolute atomic E-state index is 12.4. The van der Waals surface area contributed by atoms with Crippen LogP contribution in [0.5, 0.6) is 0 Å². The Morgan fingerprint density at radius 1 is 1.24 bits per heavy atom. The second-order valence-corrected chi connectivity index (χ2v) is 6.27. The van der Waals surface area contributed by atoms with Crippen molar-refractivity contribution in [2.24, 2.45) is 0 Å². The Hall–Kier alpha value is -2.77. The van der Waals surface area contributed by atoms with Crippen molar-refractivity contribution in [2.75, 3.05) is 26.2 Å². The molecule has 1 aliphatic heterocycles. The first-order valence-electron chi connectivity index (χ1n) is 8.59. The Morgan fingerprint density at radius 2 is 2.00 bits per heavy atom. The zero-order chi connectivity index (χ0) is 17.6. The highest BCUT2D eigenvalue weighted by molar-refractivity contribution is 5.92.